The molecule has 0 N–H and O–H groups in total. The topological polar surface area (TPSA) is 80.8 Å². The van der Waals surface area contributed by atoms with Gasteiger partial charge in [-0.2, -0.15) is 0 Å². The third-order valence-corrected chi connectivity index (χ3v) is 8.64. The monoisotopic (exact) mass is 527 g/mol. The van der Waals surface area contributed by atoms with E-state index in [4.69, 9.17) is 16.3 Å². The molecule has 2 bridgehead atoms. The first-order valence-electron chi connectivity index (χ1n) is 12.9. The highest BCUT2D eigenvalue weighted by Crippen LogP contribution is 2.61. The molecule has 1 saturated heterocycles. The van der Waals surface area contributed by atoms with Crippen LogP contribution >= 0.6 is 11.6 Å². The zero-order valence-electron chi connectivity index (χ0n) is 20.8. The minimum atomic E-state index is -0.988. The number of carbonyl (C=O) groups excluding carboxylic acids is 4. The largest absolute Gasteiger partial charge is 0.451 e. The molecule has 38 heavy (non-hydrogen) atoms. The second kappa shape index (κ2) is 9.52. The molecule has 192 valence electrons. The van der Waals surface area contributed by atoms with Crippen LogP contribution in [0.4, 0.5) is 5.69 Å². The van der Waals surface area contributed by atoms with Gasteiger partial charge in [-0.15, -0.1) is 0 Å². The van der Waals surface area contributed by atoms with Crippen molar-refractivity contribution in [2.24, 2.45) is 23.7 Å². The standard InChI is InChI=1S/C31H26ClNO5/c1-17(28(34)19-7-11-22(32)12-8-19)38-31(37)20-9-13-23(14-10-20)33-29(35)26-21-15-24(18-5-3-2-4-6-18)25(16-21)27(26)30(33)36/h2-14,17,21,24-27H,15-16H2,1H3/t17-,21-,24-,25-,26-,27+/m1/s1. The number of halogens is 1. The van der Waals surface area contributed by atoms with Crippen LogP contribution in [0.1, 0.15) is 52.0 Å². The number of carbonyl (C=O) groups is 4. The third kappa shape index (κ3) is 4.04. The SMILES string of the molecule is C[C@@H](OC(=O)c1ccc(N2C(=O)[C@@H]3[C@H]4C[C@@H]([C@@H]3C2=O)[C@@H](c2ccccc2)C4)cc1)C(=O)c1ccc(Cl)cc1. The van der Waals surface area contributed by atoms with E-state index < -0.39 is 12.1 Å². The average molecular weight is 528 g/mol. The number of esters is 1. The lowest BCUT2D eigenvalue weighted by Crippen LogP contribution is -2.33. The lowest BCUT2D eigenvalue weighted by atomic mass is 9.73. The number of benzene rings is 3. The second-order valence-corrected chi connectivity index (χ2v) is 10.9. The third-order valence-electron chi connectivity index (χ3n) is 8.39. The summed E-state index contributed by atoms with van der Waals surface area (Å²) in [7, 11) is 0. The van der Waals surface area contributed by atoms with E-state index in [1.165, 1.54) is 29.5 Å². The number of fused-ring (bicyclic) bond motifs is 5. The molecule has 2 saturated carbocycles. The summed E-state index contributed by atoms with van der Waals surface area (Å²) >= 11 is 5.87. The minimum Gasteiger partial charge on any atom is -0.451 e. The van der Waals surface area contributed by atoms with E-state index in [1.54, 1.807) is 36.4 Å². The molecule has 3 aromatic carbocycles. The molecule has 3 aromatic rings. The number of imide groups is 1. The summed E-state index contributed by atoms with van der Waals surface area (Å²) in [5.74, 6) is -1.17. The molecule has 2 amide bonds. The molecule has 1 aliphatic heterocycles. The summed E-state index contributed by atoms with van der Waals surface area (Å²) in [6.45, 7) is 1.51. The smallest absolute Gasteiger partial charge is 0.338 e. The van der Waals surface area contributed by atoms with Crippen molar-refractivity contribution in [2.45, 2.75) is 31.8 Å². The van der Waals surface area contributed by atoms with Crippen molar-refractivity contribution in [2.75, 3.05) is 4.90 Å². The van der Waals surface area contributed by atoms with Crippen LogP contribution in [0.3, 0.4) is 0 Å². The van der Waals surface area contributed by atoms with E-state index in [0.717, 1.165) is 12.8 Å². The van der Waals surface area contributed by atoms with Crippen molar-refractivity contribution in [1.29, 1.82) is 0 Å². The molecule has 6 nitrogen and oxygen atoms in total. The van der Waals surface area contributed by atoms with Crippen molar-refractivity contribution in [1.82, 2.24) is 0 Å². The highest BCUT2D eigenvalue weighted by atomic mass is 35.5. The Morgan fingerprint density at radius 3 is 2.16 bits per heavy atom. The number of nitrogens with zero attached hydrogens (tertiary/aromatic N) is 1. The number of amides is 2. The number of ether oxygens (including phenoxy) is 1. The molecule has 0 spiro atoms. The van der Waals surface area contributed by atoms with Gasteiger partial charge in [-0.3, -0.25) is 19.3 Å². The molecule has 0 radical (unpaired) electrons. The van der Waals surface area contributed by atoms with E-state index in [-0.39, 0.29) is 46.8 Å². The summed E-state index contributed by atoms with van der Waals surface area (Å²) in [6.07, 6.45) is 0.857. The van der Waals surface area contributed by atoms with Crippen LogP contribution in [0.5, 0.6) is 0 Å². The van der Waals surface area contributed by atoms with Crippen molar-refractivity contribution in [3.8, 4) is 0 Å². The molecule has 0 unspecified atom stereocenters. The maximum atomic E-state index is 13.5. The Kier molecular flexibility index (Phi) is 6.15. The summed E-state index contributed by atoms with van der Waals surface area (Å²) in [6, 6.07) is 22.8. The van der Waals surface area contributed by atoms with Crippen LogP contribution < -0.4 is 4.90 Å². The van der Waals surface area contributed by atoms with Crippen molar-refractivity contribution < 1.29 is 23.9 Å². The fourth-order valence-corrected chi connectivity index (χ4v) is 6.80. The van der Waals surface area contributed by atoms with Crippen molar-refractivity contribution >= 4 is 40.9 Å². The highest BCUT2D eigenvalue weighted by molar-refractivity contribution is 6.30. The van der Waals surface area contributed by atoms with E-state index >= 15 is 0 Å². The maximum absolute atomic E-state index is 13.5. The minimum absolute atomic E-state index is 0.142. The highest BCUT2D eigenvalue weighted by Gasteiger charge is 2.64. The zero-order chi connectivity index (χ0) is 26.6. The Morgan fingerprint density at radius 1 is 0.842 bits per heavy atom. The lowest BCUT2D eigenvalue weighted by molar-refractivity contribution is -0.123. The lowest BCUT2D eigenvalue weighted by Gasteiger charge is -2.28. The second-order valence-electron chi connectivity index (χ2n) is 10.4. The van der Waals surface area contributed by atoms with Crippen LogP contribution in [-0.4, -0.2) is 29.7 Å². The van der Waals surface area contributed by atoms with Gasteiger partial charge in [0.25, 0.3) is 0 Å². The number of hydrogen-bond donors (Lipinski definition) is 0. The molecule has 6 rings (SSSR count). The van der Waals surface area contributed by atoms with Gasteiger partial charge in [0.15, 0.2) is 6.10 Å². The Balaban J connectivity index is 1.15. The Bertz CT molecular complexity index is 1420. The molecule has 6 atom stereocenters. The molecule has 3 fully saturated rings. The first kappa shape index (κ1) is 24.6. The van der Waals surface area contributed by atoms with Crippen LogP contribution in [0.15, 0.2) is 78.9 Å². The number of ketones is 1. The first-order chi connectivity index (χ1) is 18.3. The zero-order valence-corrected chi connectivity index (χ0v) is 21.5. The van der Waals surface area contributed by atoms with Gasteiger partial charge in [0, 0.05) is 10.6 Å². The normalized spacial score (nSPS) is 26.4. The van der Waals surface area contributed by atoms with Gasteiger partial charge >= 0.3 is 5.97 Å². The van der Waals surface area contributed by atoms with Gasteiger partial charge in [-0.05, 0) is 91.6 Å². The van der Waals surface area contributed by atoms with E-state index in [0.29, 0.717) is 22.2 Å². The number of rotatable bonds is 6. The molecule has 7 heteroatoms. The Labute approximate surface area is 225 Å². The summed E-state index contributed by atoms with van der Waals surface area (Å²) < 4.78 is 5.37. The van der Waals surface area contributed by atoms with E-state index in [2.05, 4.69) is 12.1 Å². The first-order valence-corrected chi connectivity index (χ1v) is 13.2. The molecule has 0 aromatic heterocycles. The van der Waals surface area contributed by atoms with Gasteiger partial charge in [0.05, 0.1) is 23.1 Å². The van der Waals surface area contributed by atoms with Gasteiger partial charge in [-0.25, -0.2) is 4.79 Å². The predicted molar refractivity (Wildman–Crippen MR) is 142 cm³/mol. The van der Waals surface area contributed by atoms with Gasteiger partial charge < -0.3 is 4.74 Å². The number of Topliss-reactive ketones (excluding diaryl/α,β-unsaturated/α-hetero) is 1. The van der Waals surface area contributed by atoms with Gasteiger partial charge in [-0.1, -0.05) is 41.9 Å². The predicted octanol–water partition coefficient (Wildman–Crippen LogP) is 5.70. The summed E-state index contributed by atoms with van der Waals surface area (Å²) in [5, 5.41) is 0.508. The quantitative estimate of drug-likeness (QED) is 0.233. The molecule has 2 aliphatic carbocycles. The van der Waals surface area contributed by atoms with Crippen LogP contribution in [0.25, 0.3) is 0 Å². The summed E-state index contributed by atoms with van der Waals surface area (Å²) in [4.78, 5) is 53.5. The van der Waals surface area contributed by atoms with Crippen LogP contribution in [-0.2, 0) is 14.3 Å². The number of hydrogen-bond acceptors (Lipinski definition) is 5. The molecular weight excluding hydrogens is 502 g/mol. The Hall–Kier alpha value is -3.77. The average Bonchev–Trinajstić information content (AvgIpc) is 3.60. The van der Waals surface area contributed by atoms with Crippen molar-refractivity contribution in [3.05, 3.63) is 101 Å². The molecular formula is C31H26ClNO5. The van der Waals surface area contributed by atoms with Crippen molar-refractivity contribution in [3.63, 3.8) is 0 Å². The van der Waals surface area contributed by atoms with Gasteiger partial charge in [0.2, 0.25) is 17.6 Å². The van der Waals surface area contributed by atoms with Crippen LogP contribution in [0, 0.1) is 23.7 Å². The fraction of sp³-hybridized carbons (Fsp3) is 0.290. The molecule has 1 heterocycles. The van der Waals surface area contributed by atoms with E-state index in [9.17, 15) is 19.2 Å². The van der Waals surface area contributed by atoms with Crippen LogP contribution in [0.2, 0.25) is 5.02 Å². The fourth-order valence-electron chi connectivity index (χ4n) is 6.67. The molecule has 3 aliphatic rings. The van der Waals surface area contributed by atoms with E-state index in [1.807, 2.05) is 18.2 Å². The maximum Gasteiger partial charge on any atom is 0.338 e. The summed E-state index contributed by atoms with van der Waals surface area (Å²) in [5.41, 5.74) is 2.31. The Morgan fingerprint density at radius 2 is 1.47 bits per heavy atom. The van der Waals surface area contributed by atoms with Gasteiger partial charge in [0.1, 0.15) is 0 Å². The number of anilines is 1.